The molecule has 0 aliphatic heterocycles. The van der Waals surface area contributed by atoms with E-state index in [1.807, 2.05) is 30.3 Å². The number of amides is 1. The number of anilines is 1. The van der Waals surface area contributed by atoms with E-state index in [2.05, 4.69) is 29.8 Å². The molecular formula is C17H21N3O. The maximum Gasteiger partial charge on any atom is 0.253 e. The highest BCUT2D eigenvalue weighted by atomic mass is 16.1. The Kier molecular flexibility index (Phi) is 5.35. The molecule has 110 valence electrons. The van der Waals surface area contributed by atoms with Crippen LogP contribution in [0.3, 0.4) is 0 Å². The molecular weight excluding hydrogens is 262 g/mol. The minimum atomic E-state index is -0.108. The lowest BCUT2D eigenvalue weighted by molar-refractivity contribution is 0.0953. The van der Waals surface area contributed by atoms with Crippen molar-refractivity contribution >= 4 is 11.6 Å². The van der Waals surface area contributed by atoms with E-state index >= 15 is 0 Å². The Morgan fingerprint density at radius 1 is 1.10 bits per heavy atom. The predicted molar refractivity (Wildman–Crippen MR) is 86.1 cm³/mol. The van der Waals surface area contributed by atoms with E-state index in [1.54, 1.807) is 12.1 Å². The maximum atomic E-state index is 12.1. The number of benzene rings is 2. The summed E-state index contributed by atoms with van der Waals surface area (Å²) in [6.45, 7) is 2.80. The van der Waals surface area contributed by atoms with Crippen molar-refractivity contribution in [2.75, 3.05) is 12.0 Å². The summed E-state index contributed by atoms with van der Waals surface area (Å²) in [5, 5.41) is 2.94. The van der Waals surface area contributed by atoms with Crippen LogP contribution >= 0.6 is 0 Å². The van der Waals surface area contributed by atoms with E-state index in [0.29, 0.717) is 23.7 Å². The van der Waals surface area contributed by atoms with Gasteiger partial charge in [0.1, 0.15) is 0 Å². The number of para-hydroxylation sites is 1. The molecule has 1 amide bonds. The summed E-state index contributed by atoms with van der Waals surface area (Å²) < 4.78 is 0. The van der Waals surface area contributed by atoms with Crippen molar-refractivity contribution < 1.29 is 4.79 Å². The van der Waals surface area contributed by atoms with Gasteiger partial charge in [0.25, 0.3) is 5.91 Å². The van der Waals surface area contributed by atoms with Crippen LogP contribution in [0.5, 0.6) is 0 Å². The molecule has 0 aliphatic carbocycles. The first-order valence-electron chi connectivity index (χ1n) is 7.11. The highest BCUT2D eigenvalue weighted by molar-refractivity contribution is 5.99. The second kappa shape index (κ2) is 7.45. The van der Waals surface area contributed by atoms with E-state index in [-0.39, 0.29) is 5.91 Å². The molecule has 4 nitrogen and oxygen atoms in total. The first kappa shape index (κ1) is 15.1. The second-order valence-corrected chi connectivity index (χ2v) is 5.05. The molecule has 21 heavy (non-hydrogen) atoms. The number of carbonyl (C=O) groups is 1. The molecule has 0 radical (unpaired) electrons. The Morgan fingerprint density at radius 3 is 2.48 bits per heavy atom. The molecule has 4 N–H and O–H groups in total. The van der Waals surface area contributed by atoms with Crippen LogP contribution in [0.4, 0.5) is 5.69 Å². The summed E-state index contributed by atoms with van der Waals surface area (Å²) in [6.07, 6.45) is 0.897. The van der Waals surface area contributed by atoms with Crippen LogP contribution in [-0.2, 0) is 0 Å². The molecule has 0 aromatic heterocycles. The van der Waals surface area contributed by atoms with Gasteiger partial charge in [-0.15, -0.1) is 0 Å². The smallest absolute Gasteiger partial charge is 0.253 e. The molecule has 0 saturated heterocycles. The zero-order chi connectivity index (χ0) is 15.1. The van der Waals surface area contributed by atoms with Crippen molar-refractivity contribution in [1.29, 1.82) is 0 Å². The van der Waals surface area contributed by atoms with Gasteiger partial charge >= 0.3 is 0 Å². The van der Waals surface area contributed by atoms with Gasteiger partial charge in [-0.2, -0.15) is 0 Å². The zero-order valence-electron chi connectivity index (χ0n) is 12.2. The average molecular weight is 283 g/mol. The van der Waals surface area contributed by atoms with Crippen molar-refractivity contribution in [2.45, 2.75) is 19.3 Å². The lowest BCUT2D eigenvalue weighted by atomic mass is 9.98. The second-order valence-electron chi connectivity index (χ2n) is 5.05. The van der Waals surface area contributed by atoms with Gasteiger partial charge in [0, 0.05) is 6.54 Å². The van der Waals surface area contributed by atoms with Crippen LogP contribution in [0.15, 0.2) is 54.6 Å². The Hall–Kier alpha value is -2.33. The van der Waals surface area contributed by atoms with Crippen LogP contribution in [0.25, 0.3) is 0 Å². The van der Waals surface area contributed by atoms with E-state index < -0.39 is 0 Å². The minimum Gasteiger partial charge on any atom is -0.352 e. The molecule has 0 aliphatic rings. The quantitative estimate of drug-likeness (QED) is 0.564. The van der Waals surface area contributed by atoms with Crippen LogP contribution in [-0.4, -0.2) is 12.5 Å². The number of hydrogen-bond acceptors (Lipinski definition) is 3. The number of nitrogens with one attached hydrogen (secondary N) is 2. The summed E-state index contributed by atoms with van der Waals surface area (Å²) in [7, 11) is 0. The monoisotopic (exact) mass is 283 g/mol. The van der Waals surface area contributed by atoms with E-state index in [1.165, 1.54) is 5.56 Å². The third-order valence-corrected chi connectivity index (χ3v) is 3.56. The fraction of sp³-hybridized carbons (Fsp3) is 0.235. The van der Waals surface area contributed by atoms with Crippen LogP contribution in [0.2, 0.25) is 0 Å². The standard InChI is InChI=1S/C17H21N3O/c1-13(14-7-3-2-4-8-14)11-12-19-17(21)15-9-5-6-10-16(15)20-18/h2-10,13,20H,11-12,18H2,1H3,(H,19,21). The van der Waals surface area contributed by atoms with Gasteiger partial charge < -0.3 is 10.7 Å². The number of nitrogen functional groups attached to an aromatic ring is 1. The van der Waals surface area contributed by atoms with Crippen LogP contribution in [0.1, 0.15) is 35.2 Å². The molecule has 4 heteroatoms. The minimum absolute atomic E-state index is 0.108. The molecule has 2 aromatic rings. The third-order valence-electron chi connectivity index (χ3n) is 3.56. The molecule has 0 bridgehead atoms. The fourth-order valence-electron chi connectivity index (χ4n) is 2.25. The van der Waals surface area contributed by atoms with Crippen LogP contribution < -0.4 is 16.6 Å². The van der Waals surface area contributed by atoms with E-state index in [4.69, 9.17) is 5.84 Å². The number of rotatable bonds is 6. The van der Waals surface area contributed by atoms with Crippen molar-refractivity contribution in [1.82, 2.24) is 5.32 Å². The topological polar surface area (TPSA) is 67.2 Å². The Morgan fingerprint density at radius 2 is 1.76 bits per heavy atom. The Bertz CT molecular complexity index is 584. The van der Waals surface area contributed by atoms with Gasteiger partial charge in [-0.05, 0) is 30.0 Å². The first-order chi connectivity index (χ1) is 10.2. The molecule has 2 aromatic carbocycles. The first-order valence-corrected chi connectivity index (χ1v) is 7.11. The highest BCUT2D eigenvalue weighted by Gasteiger charge is 2.10. The molecule has 1 atom stereocenters. The highest BCUT2D eigenvalue weighted by Crippen LogP contribution is 2.18. The lowest BCUT2D eigenvalue weighted by Crippen LogP contribution is -2.26. The Labute approximate surface area is 125 Å². The number of carbonyl (C=O) groups excluding carboxylic acids is 1. The van der Waals surface area contributed by atoms with Gasteiger partial charge in [0.05, 0.1) is 11.3 Å². The lowest BCUT2D eigenvalue weighted by Gasteiger charge is -2.13. The number of hydrogen-bond donors (Lipinski definition) is 3. The SMILES string of the molecule is CC(CCNC(=O)c1ccccc1NN)c1ccccc1. The summed E-state index contributed by atoms with van der Waals surface area (Å²) in [5.74, 6) is 5.72. The van der Waals surface area contributed by atoms with Crippen LogP contribution in [0, 0.1) is 0 Å². The summed E-state index contributed by atoms with van der Waals surface area (Å²) in [4.78, 5) is 12.1. The third kappa shape index (κ3) is 4.07. The van der Waals surface area contributed by atoms with Gasteiger partial charge in [-0.1, -0.05) is 49.4 Å². The Balaban J connectivity index is 1.87. The van der Waals surface area contributed by atoms with Gasteiger partial charge in [0.15, 0.2) is 0 Å². The fourth-order valence-corrected chi connectivity index (χ4v) is 2.25. The molecule has 0 saturated carbocycles. The van der Waals surface area contributed by atoms with E-state index in [0.717, 1.165) is 6.42 Å². The average Bonchev–Trinajstić information content (AvgIpc) is 2.55. The van der Waals surface area contributed by atoms with Crippen molar-refractivity contribution in [2.24, 2.45) is 5.84 Å². The molecule has 0 spiro atoms. The van der Waals surface area contributed by atoms with E-state index in [9.17, 15) is 4.79 Å². The van der Waals surface area contributed by atoms with Crippen molar-refractivity contribution in [3.8, 4) is 0 Å². The van der Waals surface area contributed by atoms with Crippen molar-refractivity contribution in [3.05, 3.63) is 65.7 Å². The van der Waals surface area contributed by atoms with Gasteiger partial charge in [-0.3, -0.25) is 10.6 Å². The molecule has 0 heterocycles. The van der Waals surface area contributed by atoms with Crippen molar-refractivity contribution in [3.63, 3.8) is 0 Å². The molecule has 2 rings (SSSR count). The normalized spacial score (nSPS) is 11.7. The summed E-state index contributed by atoms with van der Waals surface area (Å²) in [5.41, 5.74) is 5.02. The van der Waals surface area contributed by atoms with Gasteiger partial charge in [-0.25, -0.2) is 0 Å². The number of hydrazine groups is 1. The predicted octanol–water partition coefficient (Wildman–Crippen LogP) is 2.90. The zero-order valence-corrected chi connectivity index (χ0v) is 12.2. The summed E-state index contributed by atoms with van der Waals surface area (Å²) >= 11 is 0. The van der Waals surface area contributed by atoms with Gasteiger partial charge in [0.2, 0.25) is 0 Å². The summed E-state index contributed by atoms with van der Waals surface area (Å²) in [6, 6.07) is 17.5. The molecule has 0 fully saturated rings. The number of nitrogens with two attached hydrogens (primary N) is 1. The maximum absolute atomic E-state index is 12.1. The molecule has 1 unspecified atom stereocenters. The largest absolute Gasteiger partial charge is 0.352 e.